The van der Waals surface area contributed by atoms with Crippen LogP contribution in [-0.2, 0) is 0 Å². The normalized spacial score (nSPS) is 26.4. The molecule has 0 spiro atoms. The highest BCUT2D eigenvalue weighted by Gasteiger charge is 2.29. The van der Waals surface area contributed by atoms with E-state index in [9.17, 15) is 15.3 Å². The molecule has 4 nitrogen and oxygen atoms in total. The first-order valence-corrected chi connectivity index (χ1v) is 6.39. The van der Waals surface area contributed by atoms with E-state index in [-0.39, 0.29) is 0 Å². The van der Waals surface area contributed by atoms with Gasteiger partial charge in [0.1, 0.15) is 0 Å². The molecule has 3 atom stereocenters. The Morgan fingerprint density at radius 1 is 1.28 bits per heavy atom. The molecule has 4 heteroatoms. The Bertz CT molecular complexity index is 386. The number of hydrogen-bond acceptors (Lipinski definition) is 4. The molecule has 1 aliphatic heterocycles. The van der Waals surface area contributed by atoms with Gasteiger partial charge in [-0.05, 0) is 18.9 Å². The second kappa shape index (κ2) is 5.80. The maximum absolute atomic E-state index is 10.1. The van der Waals surface area contributed by atoms with E-state index in [1.165, 1.54) is 0 Å². The maximum atomic E-state index is 10.1. The number of aliphatic hydroxyl groups excluding tert-OH is 3. The van der Waals surface area contributed by atoms with Gasteiger partial charge in [-0.3, -0.25) is 4.90 Å². The molecular weight excluding hydrogens is 230 g/mol. The molecule has 100 valence electrons. The molecule has 3 unspecified atom stereocenters. The fourth-order valence-electron chi connectivity index (χ4n) is 2.38. The number of likely N-dealkylation sites (tertiary alicyclic amines) is 1. The van der Waals surface area contributed by atoms with Crippen LogP contribution in [0.1, 0.15) is 23.7 Å². The number of β-amino-alcohol motifs (C(OH)–C–C–N with tert-alkyl or cyclic N) is 2. The lowest BCUT2D eigenvalue weighted by molar-refractivity contribution is 0.0572. The third-order valence-corrected chi connectivity index (χ3v) is 3.48. The molecule has 18 heavy (non-hydrogen) atoms. The van der Waals surface area contributed by atoms with E-state index in [2.05, 4.69) is 0 Å². The van der Waals surface area contributed by atoms with Crippen LogP contribution in [0.3, 0.4) is 0 Å². The van der Waals surface area contributed by atoms with Crippen molar-refractivity contribution in [3.8, 4) is 0 Å². The van der Waals surface area contributed by atoms with Crippen LogP contribution < -0.4 is 0 Å². The molecule has 1 aromatic carbocycles. The van der Waals surface area contributed by atoms with Gasteiger partial charge in [0.05, 0.1) is 18.3 Å². The second-order valence-corrected chi connectivity index (χ2v) is 5.11. The Kier molecular flexibility index (Phi) is 4.35. The lowest BCUT2D eigenvalue weighted by Gasteiger charge is -2.18. The fraction of sp³-hybridized carbons (Fsp3) is 0.571. The largest absolute Gasteiger partial charge is 0.389 e. The van der Waals surface area contributed by atoms with Crippen molar-refractivity contribution < 1.29 is 15.3 Å². The molecule has 1 aromatic rings. The fourth-order valence-corrected chi connectivity index (χ4v) is 2.38. The number of rotatable bonds is 4. The molecule has 3 N–H and O–H groups in total. The summed E-state index contributed by atoms with van der Waals surface area (Å²) in [5.74, 6) is 0. The first kappa shape index (κ1) is 13.5. The molecule has 1 saturated heterocycles. The molecule has 2 rings (SSSR count). The number of aryl methyl sites for hydroxylation is 1. The molecule has 0 aliphatic carbocycles. The first-order chi connectivity index (χ1) is 8.56. The van der Waals surface area contributed by atoms with Crippen LogP contribution >= 0.6 is 0 Å². The van der Waals surface area contributed by atoms with Crippen molar-refractivity contribution in [1.29, 1.82) is 0 Å². The summed E-state index contributed by atoms with van der Waals surface area (Å²) in [6.45, 7) is 3.66. The van der Waals surface area contributed by atoms with Gasteiger partial charge in [0.2, 0.25) is 0 Å². The molecule has 0 bridgehead atoms. The van der Waals surface area contributed by atoms with Crippen LogP contribution in [0.2, 0.25) is 0 Å². The SMILES string of the molecule is Cc1cccc(C(O)CCN2CC(O)C(O)C2)c1. The van der Waals surface area contributed by atoms with Crippen LogP contribution in [0, 0.1) is 6.92 Å². The van der Waals surface area contributed by atoms with Crippen LogP contribution in [-0.4, -0.2) is 52.1 Å². The zero-order chi connectivity index (χ0) is 13.1. The number of hydrogen-bond donors (Lipinski definition) is 3. The highest BCUT2D eigenvalue weighted by atomic mass is 16.3. The van der Waals surface area contributed by atoms with Gasteiger partial charge in [0, 0.05) is 19.6 Å². The van der Waals surface area contributed by atoms with Crippen molar-refractivity contribution in [3.05, 3.63) is 35.4 Å². The first-order valence-electron chi connectivity index (χ1n) is 6.39. The Morgan fingerprint density at radius 2 is 1.94 bits per heavy atom. The standard InChI is InChI=1S/C14H21NO3/c1-10-3-2-4-11(7-10)12(16)5-6-15-8-13(17)14(18)9-15/h2-4,7,12-14,16-18H,5-6,8-9H2,1H3. The van der Waals surface area contributed by atoms with Crippen LogP contribution in [0.25, 0.3) is 0 Å². The van der Waals surface area contributed by atoms with Crippen LogP contribution in [0.15, 0.2) is 24.3 Å². The van der Waals surface area contributed by atoms with Crippen molar-refractivity contribution in [3.63, 3.8) is 0 Å². The Morgan fingerprint density at radius 3 is 2.56 bits per heavy atom. The van der Waals surface area contributed by atoms with Crippen molar-refractivity contribution in [1.82, 2.24) is 4.90 Å². The van der Waals surface area contributed by atoms with Crippen LogP contribution in [0.4, 0.5) is 0 Å². The lowest BCUT2D eigenvalue weighted by Crippen LogP contribution is -2.24. The van der Waals surface area contributed by atoms with Gasteiger partial charge in [-0.1, -0.05) is 29.8 Å². The molecule has 1 aliphatic rings. The van der Waals surface area contributed by atoms with E-state index in [4.69, 9.17) is 0 Å². The molecule has 0 saturated carbocycles. The summed E-state index contributed by atoms with van der Waals surface area (Å²) < 4.78 is 0. The van der Waals surface area contributed by atoms with E-state index < -0.39 is 18.3 Å². The highest BCUT2D eigenvalue weighted by Crippen LogP contribution is 2.19. The van der Waals surface area contributed by atoms with Crippen molar-refractivity contribution in [2.45, 2.75) is 31.7 Å². The van der Waals surface area contributed by atoms with Gasteiger partial charge in [-0.2, -0.15) is 0 Å². The van der Waals surface area contributed by atoms with E-state index in [0.717, 1.165) is 11.1 Å². The monoisotopic (exact) mass is 251 g/mol. The van der Waals surface area contributed by atoms with E-state index in [1.54, 1.807) is 0 Å². The summed E-state index contributed by atoms with van der Waals surface area (Å²) in [4.78, 5) is 1.98. The summed E-state index contributed by atoms with van der Waals surface area (Å²) in [5.41, 5.74) is 2.06. The third-order valence-electron chi connectivity index (χ3n) is 3.48. The molecule has 0 radical (unpaired) electrons. The minimum Gasteiger partial charge on any atom is -0.389 e. The minimum atomic E-state index is -0.652. The average Bonchev–Trinajstić information content (AvgIpc) is 2.66. The van der Waals surface area contributed by atoms with E-state index in [0.29, 0.717) is 26.1 Å². The molecule has 1 fully saturated rings. The third kappa shape index (κ3) is 3.29. The Balaban J connectivity index is 1.83. The van der Waals surface area contributed by atoms with Crippen molar-refractivity contribution in [2.75, 3.05) is 19.6 Å². The van der Waals surface area contributed by atoms with Crippen molar-refractivity contribution in [2.24, 2.45) is 0 Å². The zero-order valence-corrected chi connectivity index (χ0v) is 10.7. The zero-order valence-electron chi connectivity index (χ0n) is 10.7. The van der Waals surface area contributed by atoms with E-state index >= 15 is 0 Å². The molecular formula is C14H21NO3. The lowest BCUT2D eigenvalue weighted by atomic mass is 10.0. The smallest absolute Gasteiger partial charge is 0.0938 e. The predicted octanol–water partition coefficient (Wildman–Crippen LogP) is 0.456. The molecule has 1 heterocycles. The van der Waals surface area contributed by atoms with Crippen molar-refractivity contribution >= 4 is 0 Å². The average molecular weight is 251 g/mol. The van der Waals surface area contributed by atoms with Gasteiger partial charge in [-0.25, -0.2) is 0 Å². The Hall–Kier alpha value is -0.940. The summed E-state index contributed by atoms with van der Waals surface area (Å²) in [6.07, 6.45) is -1.18. The van der Waals surface area contributed by atoms with Gasteiger partial charge >= 0.3 is 0 Å². The van der Waals surface area contributed by atoms with Gasteiger partial charge in [0.25, 0.3) is 0 Å². The molecule has 0 aromatic heterocycles. The molecule has 0 amide bonds. The topological polar surface area (TPSA) is 63.9 Å². The van der Waals surface area contributed by atoms with Gasteiger partial charge in [-0.15, -0.1) is 0 Å². The number of aliphatic hydroxyl groups is 3. The maximum Gasteiger partial charge on any atom is 0.0938 e. The van der Waals surface area contributed by atoms with E-state index in [1.807, 2.05) is 36.1 Å². The Labute approximate surface area is 107 Å². The van der Waals surface area contributed by atoms with Gasteiger partial charge in [0.15, 0.2) is 0 Å². The summed E-state index contributed by atoms with van der Waals surface area (Å²) in [6, 6.07) is 7.85. The minimum absolute atomic E-state index is 0.486. The predicted molar refractivity (Wildman–Crippen MR) is 69.2 cm³/mol. The summed E-state index contributed by atoms with van der Waals surface area (Å²) in [5, 5.41) is 29.0. The highest BCUT2D eigenvalue weighted by molar-refractivity contribution is 5.23. The van der Waals surface area contributed by atoms with Gasteiger partial charge < -0.3 is 15.3 Å². The number of benzene rings is 1. The second-order valence-electron chi connectivity index (χ2n) is 5.11. The number of nitrogens with zero attached hydrogens (tertiary/aromatic N) is 1. The summed E-state index contributed by atoms with van der Waals surface area (Å²) in [7, 11) is 0. The summed E-state index contributed by atoms with van der Waals surface area (Å²) >= 11 is 0. The van der Waals surface area contributed by atoms with Crippen LogP contribution in [0.5, 0.6) is 0 Å². The quantitative estimate of drug-likeness (QED) is 0.727.